The molecule has 0 spiro atoms. The van der Waals surface area contributed by atoms with E-state index in [1.165, 1.54) is 0 Å². The zero-order valence-electron chi connectivity index (χ0n) is 12.7. The summed E-state index contributed by atoms with van der Waals surface area (Å²) >= 11 is 0. The predicted octanol–water partition coefficient (Wildman–Crippen LogP) is -0.445. The first-order valence-corrected chi connectivity index (χ1v) is 7.25. The lowest BCUT2D eigenvalue weighted by molar-refractivity contribution is -0.129. The van der Waals surface area contributed by atoms with Gasteiger partial charge in [0.15, 0.2) is 0 Å². The number of aliphatic hydroxyl groups is 1. The highest BCUT2D eigenvalue weighted by molar-refractivity contribution is 5.73. The number of aromatic nitrogens is 2. The first kappa shape index (κ1) is 15.9. The van der Waals surface area contributed by atoms with Gasteiger partial charge in [-0.1, -0.05) is 0 Å². The quantitative estimate of drug-likeness (QED) is 0.797. The Kier molecular flexibility index (Phi) is 5.72. The number of ether oxygens (including phenoxy) is 1. The topological polar surface area (TPSA) is 70.8 Å². The third-order valence-corrected chi connectivity index (χ3v) is 3.73. The molecule has 0 bridgehead atoms. The van der Waals surface area contributed by atoms with E-state index in [4.69, 9.17) is 4.74 Å². The molecule has 0 unspecified atom stereocenters. The van der Waals surface area contributed by atoms with Crippen LogP contribution in [0.1, 0.15) is 12.7 Å². The van der Waals surface area contributed by atoms with Gasteiger partial charge in [-0.05, 0) is 0 Å². The summed E-state index contributed by atoms with van der Waals surface area (Å²) in [6, 6.07) is 0. The summed E-state index contributed by atoms with van der Waals surface area (Å²) in [5.41, 5.74) is 0. The Morgan fingerprint density at radius 1 is 1.48 bits per heavy atom. The Bertz CT molecular complexity index is 463. The van der Waals surface area contributed by atoms with Gasteiger partial charge in [0.05, 0.1) is 19.3 Å². The van der Waals surface area contributed by atoms with E-state index in [0.717, 1.165) is 18.9 Å². The van der Waals surface area contributed by atoms with Gasteiger partial charge in [-0.25, -0.2) is 4.98 Å². The third kappa shape index (κ3) is 4.52. The first-order valence-electron chi connectivity index (χ1n) is 7.25. The molecule has 2 heterocycles. The van der Waals surface area contributed by atoms with E-state index in [0.29, 0.717) is 32.8 Å². The van der Waals surface area contributed by atoms with Crippen molar-refractivity contribution in [2.45, 2.75) is 26.1 Å². The van der Waals surface area contributed by atoms with E-state index in [1.54, 1.807) is 25.1 Å². The number of aliphatic hydroxyl groups excluding tert-OH is 1. The molecule has 1 aliphatic heterocycles. The molecule has 2 rings (SSSR count). The maximum absolute atomic E-state index is 11.5. The van der Waals surface area contributed by atoms with Crippen molar-refractivity contribution in [3.05, 3.63) is 18.2 Å². The fourth-order valence-corrected chi connectivity index (χ4v) is 2.57. The van der Waals surface area contributed by atoms with Crippen molar-refractivity contribution in [1.29, 1.82) is 0 Å². The van der Waals surface area contributed by atoms with Crippen LogP contribution in [0.4, 0.5) is 0 Å². The molecule has 1 aliphatic rings. The zero-order chi connectivity index (χ0) is 15.2. The maximum atomic E-state index is 11.5. The number of amides is 1. The largest absolute Gasteiger partial charge is 0.390 e. The van der Waals surface area contributed by atoms with E-state index >= 15 is 0 Å². The molecule has 7 heteroatoms. The van der Waals surface area contributed by atoms with Gasteiger partial charge in [-0.2, -0.15) is 0 Å². The van der Waals surface area contributed by atoms with Crippen molar-refractivity contribution in [1.82, 2.24) is 19.4 Å². The minimum absolute atomic E-state index is 0.0116. The van der Waals surface area contributed by atoms with Crippen molar-refractivity contribution in [2.24, 2.45) is 0 Å². The van der Waals surface area contributed by atoms with Crippen LogP contribution in [0.15, 0.2) is 12.4 Å². The van der Waals surface area contributed by atoms with E-state index in [2.05, 4.69) is 14.5 Å². The standard InChI is InChI=1S/C14H24N4O3/c1-12(19)18-6-5-16(9-13(20)10-18)11-14-15-3-4-17(14)7-8-21-2/h3-4,13,20H,5-11H2,1-2H3/t13-/m1/s1. The molecule has 118 valence electrons. The Morgan fingerprint density at radius 3 is 3.00 bits per heavy atom. The molecule has 1 atom stereocenters. The van der Waals surface area contributed by atoms with Gasteiger partial charge < -0.3 is 19.3 Å². The fraction of sp³-hybridized carbons (Fsp3) is 0.714. The number of hydrogen-bond acceptors (Lipinski definition) is 5. The fourth-order valence-electron chi connectivity index (χ4n) is 2.57. The number of rotatable bonds is 5. The average molecular weight is 296 g/mol. The molecular weight excluding hydrogens is 272 g/mol. The summed E-state index contributed by atoms with van der Waals surface area (Å²) in [6.45, 7) is 5.97. The van der Waals surface area contributed by atoms with Crippen LogP contribution < -0.4 is 0 Å². The van der Waals surface area contributed by atoms with Gasteiger partial charge in [0.2, 0.25) is 5.91 Å². The second-order valence-electron chi connectivity index (χ2n) is 5.38. The van der Waals surface area contributed by atoms with Crippen molar-refractivity contribution >= 4 is 5.91 Å². The molecule has 1 aromatic heterocycles. The second kappa shape index (κ2) is 7.53. The normalized spacial score (nSPS) is 20.5. The van der Waals surface area contributed by atoms with Gasteiger partial charge in [0.1, 0.15) is 5.82 Å². The Hall–Kier alpha value is -1.44. The van der Waals surface area contributed by atoms with E-state index in [1.807, 2.05) is 6.20 Å². The highest BCUT2D eigenvalue weighted by Crippen LogP contribution is 2.09. The molecule has 21 heavy (non-hydrogen) atoms. The summed E-state index contributed by atoms with van der Waals surface area (Å²) in [7, 11) is 1.68. The highest BCUT2D eigenvalue weighted by atomic mass is 16.5. The number of imidazole rings is 1. The Morgan fingerprint density at radius 2 is 2.29 bits per heavy atom. The maximum Gasteiger partial charge on any atom is 0.219 e. The van der Waals surface area contributed by atoms with Crippen molar-refractivity contribution < 1.29 is 14.6 Å². The predicted molar refractivity (Wildman–Crippen MR) is 77.6 cm³/mol. The van der Waals surface area contributed by atoms with Crippen LogP contribution in [0, 0.1) is 0 Å². The minimum atomic E-state index is -0.515. The van der Waals surface area contributed by atoms with Gasteiger partial charge in [0, 0.05) is 59.2 Å². The number of nitrogens with zero attached hydrogens (tertiary/aromatic N) is 4. The van der Waals surface area contributed by atoms with Gasteiger partial charge in [-0.15, -0.1) is 0 Å². The lowest BCUT2D eigenvalue weighted by atomic mass is 10.3. The Labute approximate surface area is 125 Å². The molecule has 1 N–H and O–H groups in total. The minimum Gasteiger partial charge on any atom is -0.390 e. The van der Waals surface area contributed by atoms with Gasteiger partial charge >= 0.3 is 0 Å². The summed E-state index contributed by atoms with van der Waals surface area (Å²) in [4.78, 5) is 19.7. The molecule has 0 saturated carbocycles. The van der Waals surface area contributed by atoms with Crippen molar-refractivity contribution in [3.8, 4) is 0 Å². The smallest absolute Gasteiger partial charge is 0.219 e. The zero-order valence-corrected chi connectivity index (χ0v) is 12.7. The number of methoxy groups -OCH3 is 1. The lowest BCUT2D eigenvalue weighted by Gasteiger charge is -2.21. The lowest BCUT2D eigenvalue weighted by Crippen LogP contribution is -2.36. The van der Waals surface area contributed by atoms with Gasteiger partial charge in [0.25, 0.3) is 0 Å². The molecule has 0 aromatic carbocycles. The summed E-state index contributed by atoms with van der Waals surface area (Å²) < 4.78 is 7.15. The van der Waals surface area contributed by atoms with Crippen molar-refractivity contribution in [2.75, 3.05) is 39.9 Å². The van der Waals surface area contributed by atoms with Crippen LogP contribution in [0.3, 0.4) is 0 Å². The Balaban J connectivity index is 1.96. The van der Waals surface area contributed by atoms with Crippen LogP contribution in [0.25, 0.3) is 0 Å². The van der Waals surface area contributed by atoms with Crippen LogP contribution in [0.5, 0.6) is 0 Å². The van der Waals surface area contributed by atoms with Crippen LogP contribution in [-0.2, 0) is 22.6 Å². The summed E-state index contributed by atoms with van der Waals surface area (Å²) in [6.07, 6.45) is 3.20. The van der Waals surface area contributed by atoms with Crippen LogP contribution >= 0.6 is 0 Å². The molecule has 7 nitrogen and oxygen atoms in total. The SMILES string of the molecule is COCCn1ccnc1CN1CCN(C(C)=O)C[C@H](O)C1. The number of carbonyl (C=O) groups is 1. The molecule has 1 aromatic rings. The van der Waals surface area contributed by atoms with Crippen molar-refractivity contribution in [3.63, 3.8) is 0 Å². The molecular formula is C14H24N4O3. The first-order chi connectivity index (χ1) is 10.1. The molecule has 1 amide bonds. The number of hydrogen-bond donors (Lipinski definition) is 1. The molecule has 1 saturated heterocycles. The third-order valence-electron chi connectivity index (χ3n) is 3.73. The summed E-state index contributed by atoms with van der Waals surface area (Å²) in [5.74, 6) is 0.966. The molecule has 1 fully saturated rings. The van der Waals surface area contributed by atoms with Gasteiger partial charge in [-0.3, -0.25) is 9.69 Å². The number of carbonyl (C=O) groups excluding carboxylic acids is 1. The highest BCUT2D eigenvalue weighted by Gasteiger charge is 2.23. The van der Waals surface area contributed by atoms with E-state index in [9.17, 15) is 9.90 Å². The van der Waals surface area contributed by atoms with E-state index in [-0.39, 0.29) is 5.91 Å². The van der Waals surface area contributed by atoms with E-state index < -0.39 is 6.10 Å². The number of β-amino-alcohol motifs (C(OH)–C–C–N with tert-alkyl or cyclic N) is 1. The summed E-state index contributed by atoms with van der Waals surface area (Å²) in [5, 5.41) is 10.0. The monoisotopic (exact) mass is 296 g/mol. The van der Waals surface area contributed by atoms with Crippen LogP contribution in [0.2, 0.25) is 0 Å². The van der Waals surface area contributed by atoms with Crippen LogP contribution in [-0.4, -0.2) is 76.4 Å². The molecule has 0 radical (unpaired) electrons. The second-order valence-corrected chi connectivity index (χ2v) is 5.38. The molecule has 0 aliphatic carbocycles. The average Bonchev–Trinajstić information content (AvgIpc) is 2.78.